The van der Waals surface area contributed by atoms with E-state index in [9.17, 15) is 4.79 Å². The van der Waals surface area contributed by atoms with E-state index in [-0.39, 0.29) is 10.7 Å². The van der Waals surface area contributed by atoms with Crippen LogP contribution in [0, 0.1) is 4.90 Å². The van der Waals surface area contributed by atoms with Crippen LogP contribution in [-0.2, 0) is 0 Å². The van der Waals surface area contributed by atoms with Gasteiger partial charge in [-0.05, 0) is 10.7 Å². The number of halogens is 1. The third kappa shape index (κ3) is 1.86. The van der Waals surface area contributed by atoms with Crippen LogP contribution in [0.3, 0.4) is 0 Å². The molecule has 0 fully saturated rings. The van der Waals surface area contributed by atoms with E-state index in [4.69, 9.17) is 21.0 Å². The molecule has 0 aromatic carbocycles. The monoisotopic (exact) mass is 197 g/mol. The average Bonchev–Trinajstić information content (AvgIpc) is 2.33. The summed E-state index contributed by atoms with van der Waals surface area (Å²) in [4.78, 5) is 10.1. The van der Waals surface area contributed by atoms with Crippen LogP contribution in [0.5, 0.6) is 0 Å². The summed E-state index contributed by atoms with van der Waals surface area (Å²) >= 11 is 0. The number of nitrogens with two attached hydrogens (primary N) is 1. The molecule has 1 amide bonds. The highest BCUT2D eigenvalue weighted by Crippen LogP contribution is 2.19. The Morgan fingerprint density at radius 3 is 2.73 bits per heavy atom. The first kappa shape index (κ1) is 8.38. The summed E-state index contributed by atoms with van der Waals surface area (Å²) in [5, 5.41) is 0. The van der Waals surface area contributed by atoms with Crippen molar-refractivity contribution >= 4 is 26.6 Å². The second kappa shape index (κ2) is 3.12. The average molecular weight is 198 g/mol. The van der Waals surface area contributed by atoms with Crippen LogP contribution in [-0.4, -0.2) is 10.5 Å². The van der Waals surface area contributed by atoms with Crippen LogP contribution in [0.1, 0.15) is 10.6 Å². The number of carbonyl (C=O) groups excluding carboxylic acids is 1. The van der Waals surface area contributed by atoms with Gasteiger partial charge in [-0.2, -0.15) is 0 Å². The fraction of sp³-hybridized carbons (Fsp3) is 0. The first-order valence-electron chi connectivity index (χ1n) is 2.42. The lowest BCUT2D eigenvalue weighted by atomic mass is 10.5. The lowest BCUT2D eigenvalue weighted by molar-refractivity contribution is 0.0973. The zero-order valence-electron chi connectivity index (χ0n) is 5.11. The van der Waals surface area contributed by atoms with Gasteiger partial charge in [0.15, 0.2) is 0 Å². The second-order valence-corrected chi connectivity index (χ2v) is 3.24. The summed E-state index contributed by atoms with van der Waals surface area (Å²) in [6.07, 6.45) is 0.982. The topological polar surface area (TPSA) is 89.6 Å². The maximum atomic E-state index is 10.4. The molecule has 1 aromatic rings. The highest BCUT2D eigenvalue weighted by atomic mass is 35.7. The Morgan fingerprint density at radius 1 is 1.82 bits per heavy atom. The predicted molar refractivity (Wildman–Crippen MR) is 38.8 cm³/mol. The first-order chi connectivity index (χ1) is 5.11. The van der Waals surface area contributed by atoms with E-state index in [1.165, 1.54) is 0 Å². The SMILES string of the molecule is NC(=O)c1coc(=S(O)Cl)o1. The molecule has 1 unspecified atom stereocenters. The van der Waals surface area contributed by atoms with Gasteiger partial charge in [-0.15, -0.1) is 0 Å². The minimum absolute atomic E-state index is 0.174. The van der Waals surface area contributed by atoms with Crippen LogP contribution in [0.2, 0.25) is 0 Å². The smallest absolute Gasteiger partial charge is 0.360 e. The molecule has 0 radical (unpaired) electrons. The Hall–Kier alpha value is -0.720. The van der Waals surface area contributed by atoms with Gasteiger partial charge in [0.05, 0.1) is 0 Å². The molecule has 1 aromatic heterocycles. The summed E-state index contributed by atoms with van der Waals surface area (Å²) in [5.41, 5.74) is 4.81. The Morgan fingerprint density at radius 2 is 2.45 bits per heavy atom. The standard InChI is InChI=1S/C4H4ClNO4S/c5-11(8)4-9-1-2(10-4)3(6)7/h1,8H,(H2,6,7). The number of hydrogen-bond acceptors (Lipinski definition) is 4. The van der Waals surface area contributed by atoms with Gasteiger partial charge in [-0.3, -0.25) is 4.79 Å². The van der Waals surface area contributed by atoms with Crippen molar-refractivity contribution in [3.8, 4) is 0 Å². The molecular formula is C4H4ClNO4S. The quantitative estimate of drug-likeness (QED) is 0.666. The van der Waals surface area contributed by atoms with Gasteiger partial charge in [0, 0.05) is 0 Å². The number of carbonyl (C=O) groups is 1. The third-order valence-corrected chi connectivity index (χ3v) is 1.67. The minimum Gasteiger partial charge on any atom is -0.423 e. The zero-order valence-corrected chi connectivity index (χ0v) is 6.69. The van der Waals surface area contributed by atoms with Gasteiger partial charge in [0.25, 0.3) is 5.91 Å². The number of amides is 1. The largest absolute Gasteiger partial charge is 0.423 e. The lowest BCUT2D eigenvalue weighted by Gasteiger charge is -1.80. The van der Waals surface area contributed by atoms with E-state index in [0.717, 1.165) is 6.26 Å². The molecule has 1 atom stereocenters. The molecule has 0 bridgehead atoms. The zero-order chi connectivity index (χ0) is 8.43. The van der Waals surface area contributed by atoms with Gasteiger partial charge >= 0.3 is 4.90 Å². The molecule has 62 valence electrons. The van der Waals surface area contributed by atoms with E-state index in [1.807, 2.05) is 0 Å². The maximum Gasteiger partial charge on any atom is 0.360 e. The van der Waals surface area contributed by atoms with Gasteiger partial charge in [0.2, 0.25) is 5.76 Å². The molecule has 5 nitrogen and oxygen atoms in total. The summed E-state index contributed by atoms with van der Waals surface area (Å²) in [7, 11) is 3.52. The van der Waals surface area contributed by atoms with Crippen molar-refractivity contribution in [1.82, 2.24) is 0 Å². The van der Waals surface area contributed by atoms with Crippen molar-refractivity contribution in [1.29, 1.82) is 0 Å². The van der Waals surface area contributed by atoms with E-state index in [2.05, 4.69) is 8.83 Å². The van der Waals surface area contributed by atoms with Gasteiger partial charge in [-0.25, -0.2) is 0 Å². The van der Waals surface area contributed by atoms with Crippen molar-refractivity contribution in [3.63, 3.8) is 0 Å². The fourth-order valence-electron chi connectivity index (χ4n) is 0.422. The normalized spacial score (nSPS) is 14.5. The van der Waals surface area contributed by atoms with Crippen LogP contribution < -0.4 is 5.73 Å². The van der Waals surface area contributed by atoms with Crippen LogP contribution in [0.4, 0.5) is 0 Å². The van der Waals surface area contributed by atoms with Crippen molar-refractivity contribution in [2.45, 2.75) is 0 Å². The molecule has 0 aliphatic carbocycles. The first-order valence-corrected chi connectivity index (χ1v) is 4.43. The predicted octanol–water partition coefficient (Wildman–Crippen LogP) is 1.40. The molecule has 7 heteroatoms. The van der Waals surface area contributed by atoms with E-state index in [1.54, 1.807) is 0 Å². The molecular weight excluding hydrogens is 194 g/mol. The third-order valence-electron chi connectivity index (χ3n) is 0.836. The molecule has 1 rings (SSSR count). The van der Waals surface area contributed by atoms with Gasteiger partial charge in [0.1, 0.15) is 16.2 Å². The van der Waals surface area contributed by atoms with Crippen molar-refractivity contribution in [2.24, 2.45) is 5.73 Å². The Labute approximate surface area is 68.0 Å². The molecule has 0 aliphatic heterocycles. The van der Waals surface area contributed by atoms with Crippen LogP contribution in [0.15, 0.2) is 15.1 Å². The fourth-order valence-corrected chi connectivity index (χ4v) is 0.912. The van der Waals surface area contributed by atoms with Crippen molar-refractivity contribution < 1.29 is 18.2 Å². The molecule has 1 heterocycles. The molecule has 0 saturated heterocycles. The van der Waals surface area contributed by atoms with Gasteiger partial charge < -0.3 is 19.1 Å². The van der Waals surface area contributed by atoms with Crippen molar-refractivity contribution in [3.05, 3.63) is 16.9 Å². The van der Waals surface area contributed by atoms with Crippen molar-refractivity contribution in [2.75, 3.05) is 0 Å². The molecule has 0 spiro atoms. The lowest BCUT2D eigenvalue weighted by Crippen LogP contribution is -2.08. The number of primary amides is 1. The maximum absolute atomic E-state index is 10.4. The van der Waals surface area contributed by atoms with Gasteiger partial charge in [-0.1, -0.05) is 0 Å². The molecule has 0 saturated carbocycles. The Bertz CT molecular complexity index is 336. The summed E-state index contributed by atoms with van der Waals surface area (Å²) < 4.78 is 17.8. The highest BCUT2D eigenvalue weighted by Gasteiger charge is 2.06. The van der Waals surface area contributed by atoms with Crippen LogP contribution >= 0.6 is 20.7 Å². The second-order valence-electron chi connectivity index (χ2n) is 1.55. The summed E-state index contributed by atoms with van der Waals surface area (Å²) in [6, 6.07) is 0. The van der Waals surface area contributed by atoms with Crippen LogP contribution in [0.25, 0.3) is 0 Å². The highest BCUT2D eigenvalue weighted by molar-refractivity contribution is 8.25. The van der Waals surface area contributed by atoms with E-state index >= 15 is 0 Å². The van der Waals surface area contributed by atoms with E-state index < -0.39 is 15.9 Å². The number of hydrogen-bond donors (Lipinski definition) is 2. The Kier molecular flexibility index (Phi) is 2.38. The summed E-state index contributed by atoms with van der Waals surface area (Å²) in [6.45, 7) is 0. The van der Waals surface area contributed by atoms with E-state index in [0.29, 0.717) is 0 Å². The molecule has 3 N–H and O–H groups in total. The molecule has 11 heavy (non-hydrogen) atoms. The summed E-state index contributed by atoms with van der Waals surface area (Å²) in [5.74, 6) is -0.950. The number of rotatable bonds is 1. The minimum atomic E-state index is -1.64. The molecule has 0 aliphatic rings. The Balaban J connectivity index is 3.21.